The lowest BCUT2D eigenvalue weighted by Gasteiger charge is -2.39. The van der Waals surface area contributed by atoms with Gasteiger partial charge in [-0.15, -0.1) is 0 Å². The van der Waals surface area contributed by atoms with Gasteiger partial charge >= 0.3 is 6.03 Å². The van der Waals surface area contributed by atoms with Crippen LogP contribution in [-0.4, -0.2) is 15.6 Å². The summed E-state index contributed by atoms with van der Waals surface area (Å²) in [7, 11) is 0. The predicted molar refractivity (Wildman–Crippen MR) is 127 cm³/mol. The minimum atomic E-state index is -0.398. The van der Waals surface area contributed by atoms with Crippen molar-refractivity contribution in [2.24, 2.45) is 11.7 Å². The average Bonchev–Trinajstić information content (AvgIpc) is 3.41. The molecule has 4 rings (SSSR count). The highest BCUT2D eigenvalue weighted by Crippen LogP contribution is 2.44. The lowest BCUT2D eigenvalue weighted by Crippen LogP contribution is -2.45. The lowest BCUT2D eigenvalue weighted by molar-refractivity contribution is 0.240. The molecule has 1 fully saturated rings. The van der Waals surface area contributed by atoms with Crippen molar-refractivity contribution >= 4 is 22.8 Å². The van der Waals surface area contributed by atoms with Crippen molar-refractivity contribution in [3.63, 3.8) is 0 Å². The Labute approximate surface area is 185 Å². The highest BCUT2D eigenvalue weighted by atomic mass is 16.2. The maximum atomic E-state index is 13.2. The third kappa shape index (κ3) is 3.93. The Bertz CT molecular complexity index is 1040. The van der Waals surface area contributed by atoms with Crippen LogP contribution in [0.2, 0.25) is 0 Å². The maximum absolute atomic E-state index is 13.2. The molecule has 0 bridgehead atoms. The van der Waals surface area contributed by atoms with Crippen molar-refractivity contribution in [3.8, 4) is 0 Å². The number of nitrogens with two attached hydrogens (primary N) is 1. The number of para-hydroxylation sites is 1. The van der Waals surface area contributed by atoms with Gasteiger partial charge in [0.15, 0.2) is 0 Å². The number of hydrogen-bond acceptors (Lipinski definition) is 2. The van der Waals surface area contributed by atoms with Crippen LogP contribution in [0.5, 0.6) is 0 Å². The topological polar surface area (TPSA) is 64.2 Å². The number of benzene rings is 1. The molecule has 1 atom stereocenters. The Balaban J connectivity index is 1.98. The van der Waals surface area contributed by atoms with Crippen LogP contribution in [0, 0.1) is 5.92 Å². The van der Waals surface area contributed by atoms with Gasteiger partial charge in [0.1, 0.15) is 11.8 Å². The van der Waals surface area contributed by atoms with Gasteiger partial charge in [-0.25, -0.2) is 9.78 Å². The SMILES string of the molecule is CC(C)c1cccc(C(C)C)c1N(C(N)=O)C(C1CCCC1)n1ccc2cccnc21. The van der Waals surface area contributed by atoms with E-state index in [4.69, 9.17) is 5.73 Å². The molecule has 164 valence electrons. The monoisotopic (exact) mass is 418 g/mol. The molecule has 0 saturated heterocycles. The molecule has 1 unspecified atom stereocenters. The summed E-state index contributed by atoms with van der Waals surface area (Å²) in [4.78, 5) is 19.7. The molecule has 2 aromatic heterocycles. The van der Waals surface area contributed by atoms with Gasteiger partial charge < -0.3 is 10.3 Å². The zero-order valence-electron chi connectivity index (χ0n) is 19.1. The first-order valence-electron chi connectivity index (χ1n) is 11.5. The van der Waals surface area contributed by atoms with E-state index in [0.717, 1.165) is 40.7 Å². The van der Waals surface area contributed by atoms with Crippen LogP contribution in [0.25, 0.3) is 11.0 Å². The second-order valence-corrected chi connectivity index (χ2v) is 9.40. The minimum Gasteiger partial charge on any atom is -0.351 e. The Morgan fingerprint density at radius 2 is 1.68 bits per heavy atom. The van der Waals surface area contributed by atoms with Gasteiger partial charge in [-0.2, -0.15) is 0 Å². The number of pyridine rings is 1. The van der Waals surface area contributed by atoms with E-state index in [1.165, 1.54) is 12.8 Å². The van der Waals surface area contributed by atoms with E-state index in [-0.39, 0.29) is 18.0 Å². The van der Waals surface area contributed by atoms with Crippen molar-refractivity contribution in [1.82, 2.24) is 9.55 Å². The van der Waals surface area contributed by atoms with Crippen LogP contribution in [0.1, 0.15) is 82.5 Å². The lowest BCUT2D eigenvalue weighted by atomic mass is 9.90. The van der Waals surface area contributed by atoms with E-state index in [1.807, 2.05) is 17.2 Å². The summed E-state index contributed by atoms with van der Waals surface area (Å²) in [6, 6.07) is 12.1. The minimum absolute atomic E-state index is 0.190. The van der Waals surface area contributed by atoms with E-state index in [1.54, 1.807) is 0 Å². The summed E-state index contributed by atoms with van der Waals surface area (Å²) in [5.41, 5.74) is 10.4. The molecule has 0 spiro atoms. The highest BCUT2D eigenvalue weighted by Gasteiger charge is 2.37. The largest absolute Gasteiger partial charge is 0.351 e. The van der Waals surface area contributed by atoms with Crippen LogP contribution in [0.4, 0.5) is 10.5 Å². The van der Waals surface area contributed by atoms with Crippen LogP contribution >= 0.6 is 0 Å². The maximum Gasteiger partial charge on any atom is 0.321 e. The van der Waals surface area contributed by atoms with Crippen LogP contribution in [-0.2, 0) is 0 Å². The molecule has 1 aliphatic carbocycles. The number of primary amides is 1. The summed E-state index contributed by atoms with van der Waals surface area (Å²) in [5.74, 6) is 0.893. The molecule has 2 N–H and O–H groups in total. The standard InChI is InChI=1S/C26H34N4O/c1-17(2)21-12-7-13-22(18(3)4)23(21)30(26(27)31)25(20-9-5-6-10-20)29-16-14-19-11-8-15-28-24(19)29/h7-8,11-18,20,25H,5-6,9-10H2,1-4H3,(H2,27,31). The molecule has 1 aromatic carbocycles. The number of nitrogens with zero attached hydrogens (tertiary/aromatic N) is 3. The summed E-state index contributed by atoms with van der Waals surface area (Å²) >= 11 is 0. The Hall–Kier alpha value is -2.82. The Morgan fingerprint density at radius 1 is 1.03 bits per heavy atom. The first kappa shape index (κ1) is 21.4. The van der Waals surface area contributed by atoms with Gasteiger partial charge in [-0.05, 0) is 59.9 Å². The fourth-order valence-electron chi connectivity index (χ4n) is 5.18. The number of carbonyl (C=O) groups excluding carboxylic acids is 1. The van der Waals surface area contributed by atoms with Crippen molar-refractivity contribution in [2.45, 2.75) is 71.4 Å². The zero-order chi connectivity index (χ0) is 22.1. The van der Waals surface area contributed by atoms with Gasteiger partial charge in [0.2, 0.25) is 0 Å². The van der Waals surface area contributed by atoms with Gasteiger partial charge in [-0.3, -0.25) is 4.90 Å². The second-order valence-electron chi connectivity index (χ2n) is 9.40. The third-order valence-corrected chi connectivity index (χ3v) is 6.67. The first-order valence-corrected chi connectivity index (χ1v) is 11.5. The van der Waals surface area contributed by atoms with Gasteiger partial charge in [0.05, 0.1) is 5.69 Å². The van der Waals surface area contributed by atoms with Gasteiger partial charge in [-0.1, -0.05) is 58.7 Å². The first-order chi connectivity index (χ1) is 14.9. The highest BCUT2D eigenvalue weighted by molar-refractivity contribution is 5.93. The predicted octanol–water partition coefficient (Wildman–Crippen LogP) is 6.56. The number of carbonyl (C=O) groups is 1. The molecule has 2 amide bonds. The number of hydrogen-bond donors (Lipinski definition) is 1. The summed E-state index contributed by atoms with van der Waals surface area (Å²) < 4.78 is 2.18. The van der Waals surface area contributed by atoms with Crippen molar-refractivity contribution in [1.29, 1.82) is 0 Å². The molecule has 5 heteroatoms. The normalized spacial score (nSPS) is 15.8. The molecule has 3 aromatic rings. The molecule has 0 aliphatic heterocycles. The van der Waals surface area contributed by atoms with E-state index in [2.05, 4.69) is 73.8 Å². The van der Waals surface area contributed by atoms with Crippen LogP contribution < -0.4 is 10.6 Å². The Morgan fingerprint density at radius 3 is 2.26 bits per heavy atom. The number of urea groups is 1. The van der Waals surface area contributed by atoms with E-state index in [9.17, 15) is 4.79 Å². The van der Waals surface area contributed by atoms with E-state index < -0.39 is 6.03 Å². The van der Waals surface area contributed by atoms with Crippen molar-refractivity contribution in [3.05, 3.63) is 59.9 Å². The van der Waals surface area contributed by atoms with Gasteiger partial charge in [0.25, 0.3) is 0 Å². The fourth-order valence-corrected chi connectivity index (χ4v) is 5.18. The number of amides is 2. The quantitative estimate of drug-likeness (QED) is 0.493. The van der Waals surface area contributed by atoms with Crippen molar-refractivity contribution < 1.29 is 4.79 Å². The van der Waals surface area contributed by atoms with Crippen molar-refractivity contribution in [2.75, 3.05) is 4.90 Å². The van der Waals surface area contributed by atoms with Crippen LogP contribution in [0.15, 0.2) is 48.8 Å². The Kier molecular flexibility index (Phi) is 6.03. The van der Waals surface area contributed by atoms with Crippen LogP contribution in [0.3, 0.4) is 0 Å². The fraction of sp³-hybridized carbons (Fsp3) is 0.462. The third-order valence-electron chi connectivity index (χ3n) is 6.67. The number of fused-ring (bicyclic) bond motifs is 1. The summed E-state index contributed by atoms with van der Waals surface area (Å²) in [6.45, 7) is 8.72. The average molecular weight is 419 g/mol. The summed E-state index contributed by atoms with van der Waals surface area (Å²) in [5, 5.41) is 1.08. The molecular formula is C26H34N4O. The molecule has 31 heavy (non-hydrogen) atoms. The van der Waals surface area contributed by atoms with E-state index >= 15 is 0 Å². The second kappa shape index (κ2) is 8.74. The smallest absolute Gasteiger partial charge is 0.321 e. The molecule has 5 nitrogen and oxygen atoms in total. The molecule has 0 radical (unpaired) electrons. The number of anilines is 1. The molecular weight excluding hydrogens is 384 g/mol. The molecule has 2 heterocycles. The molecule has 1 saturated carbocycles. The molecule has 1 aliphatic rings. The number of aromatic nitrogens is 2. The van der Waals surface area contributed by atoms with Gasteiger partial charge in [0, 0.05) is 17.8 Å². The van der Waals surface area contributed by atoms with E-state index in [0.29, 0.717) is 5.92 Å². The zero-order valence-corrected chi connectivity index (χ0v) is 19.1. The number of rotatable bonds is 6. The summed E-state index contributed by atoms with van der Waals surface area (Å²) in [6.07, 6.45) is 8.24.